The predicted octanol–water partition coefficient (Wildman–Crippen LogP) is 0.104. The van der Waals surface area contributed by atoms with Crippen LogP contribution in [-0.2, 0) is 0 Å². The lowest BCUT2D eigenvalue weighted by molar-refractivity contribution is -0.0391. The minimum absolute atomic E-state index is 0.109. The summed E-state index contributed by atoms with van der Waals surface area (Å²) in [6.07, 6.45) is 3.57. The van der Waals surface area contributed by atoms with E-state index in [1.165, 1.54) is 19.3 Å². The molecule has 2 fully saturated rings. The van der Waals surface area contributed by atoms with Crippen molar-refractivity contribution in [1.82, 2.24) is 0 Å². The van der Waals surface area contributed by atoms with E-state index in [0.29, 0.717) is 11.8 Å². The van der Waals surface area contributed by atoms with Crippen LogP contribution < -0.4 is 5.73 Å². The Morgan fingerprint density at radius 1 is 1.22 bits per heavy atom. The van der Waals surface area contributed by atoms with E-state index in [2.05, 4.69) is 0 Å². The zero-order valence-electron chi connectivity index (χ0n) is 5.46. The van der Waals surface area contributed by atoms with Crippen molar-refractivity contribution in [2.75, 3.05) is 0 Å². The standard InChI is InChI=1S/C7H13NO/c8-6-4-2-1-3-5(4)7(6)9/h4-7,9H,1-3,8H2/t4-,5+,6-,7+/m0/s1. The fraction of sp³-hybridized carbons (Fsp3) is 1.00. The molecule has 0 saturated heterocycles. The average molecular weight is 127 g/mol. The van der Waals surface area contributed by atoms with Crippen molar-refractivity contribution in [2.45, 2.75) is 31.4 Å². The molecule has 0 aromatic heterocycles. The maximum absolute atomic E-state index is 9.26. The third kappa shape index (κ3) is 0.578. The van der Waals surface area contributed by atoms with Crippen molar-refractivity contribution >= 4 is 0 Å². The Bertz CT molecular complexity index is 112. The number of aliphatic hydroxyl groups excluding tert-OH is 1. The van der Waals surface area contributed by atoms with Gasteiger partial charge in [0.1, 0.15) is 0 Å². The molecule has 0 spiro atoms. The Labute approximate surface area is 55.1 Å². The molecule has 0 aromatic rings. The smallest absolute Gasteiger partial charge is 0.0725 e. The Morgan fingerprint density at radius 2 is 1.89 bits per heavy atom. The normalized spacial score (nSPS) is 56.7. The largest absolute Gasteiger partial charge is 0.391 e. The van der Waals surface area contributed by atoms with Gasteiger partial charge in [-0.15, -0.1) is 0 Å². The Morgan fingerprint density at radius 3 is 2.56 bits per heavy atom. The van der Waals surface area contributed by atoms with Gasteiger partial charge in [0.25, 0.3) is 0 Å². The predicted molar refractivity (Wildman–Crippen MR) is 34.8 cm³/mol. The Kier molecular flexibility index (Phi) is 1.08. The van der Waals surface area contributed by atoms with Gasteiger partial charge in [0, 0.05) is 6.04 Å². The van der Waals surface area contributed by atoms with Crippen molar-refractivity contribution in [3.63, 3.8) is 0 Å². The quantitative estimate of drug-likeness (QED) is 0.485. The number of fused-ring (bicyclic) bond motifs is 1. The summed E-state index contributed by atoms with van der Waals surface area (Å²) in [5.41, 5.74) is 5.66. The lowest BCUT2D eigenvalue weighted by Crippen LogP contribution is -2.57. The first kappa shape index (κ1) is 5.69. The molecule has 2 rings (SSSR count). The van der Waals surface area contributed by atoms with Crippen molar-refractivity contribution in [3.8, 4) is 0 Å². The second-order valence-electron chi connectivity index (χ2n) is 3.33. The topological polar surface area (TPSA) is 46.2 Å². The third-order valence-electron chi connectivity index (χ3n) is 2.95. The number of hydrogen-bond acceptors (Lipinski definition) is 2. The van der Waals surface area contributed by atoms with Gasteiger partial charge < -0.3 is 10.8 Å². The van der Waals surface area contributed by atoms with Crippen LogP contribution in [-0.4, -0.2) is 17.3 Å². The lowest BCUT2D eigenvalue weighted by Gasteiger charge is -2.43. The summed E-state index contributed by atoms with van der Waals surface area (Å²) in [4.78, 5) is 0. The van der Waals surface area contributed by atoms with Gasteiger partial charge in [0.15, 0.2) is 0 Å². The van der Waals surface area contributed by atoms with E-state index in [0.717, 1.165) is 0 Å². The van der Waals surface area contributed by atoms with Crippen LogP contribution in [0.5, 0.6) is 0 Å². The Balaban J connectivity index is 2.06. The number of nitrogens with two attached hydrogens (primary N) is 1. The molecular formula is C7H13NO. The van der Waals surface area contributed by atoms with Crippen LogP contribution in [0, 0.1) is 11.8 Å². The molecule has 0 unspecified atom stereocenters. The summed E-state index contributed by atoms with van der Waals surface area (Å²) in [6.45, 7) is 0. The fourth-order valence-electron chi connectivity index (χ4n) is 2.31. The third-order valence-corrected chi connectivity index (χ3v) is 2.95. The van der Waals surface area contributed by atoms with Crippen LogP contribution in [0.1, 0.15) is 19.3 Å². The molecule has 2 aliphatic rings. The Hall–Kier alpha value is -0.0800. The first-order valence-electron chi connectivity index (χ1n) is 3.74. The lowest BCUT2D eigenvalue weighted by atomic mass is 9.69. The van der Waals surface area contributed by atoms with Gasteiger partial charge in [-0.05, 0) is 24.7 Å². The highest BCUT2D eigenvalue weighted by Crippen LogP contribution is 2.45. The highest BCUT2D eigenvalue weighted by Gasteiger charge is 2.49. The van der Waals surface area contributed by atoms with Crippen molar-refractivity contribution in [2.24, 2.45) is 17.6 Å². The molecule has 0 aliphatic heterocycles. The molecule has 2 nitrogen and oxygen atoms in total. The average Bonchev–Trinajstić information content (AvgIpc) is 2.30. The van der Waals surface area contributed by atoms with Gasteiger partial charge >= 0.3 is 0 Å². The minimum Gasteiger partial charge on any atom is -0.391 e. The number of hydrogen-bond donors (Lipinski definition) is 2. The molecule has 2 aliphatic carbocycles. The SMILES string of the molecule is N[C@@H]1[C@H](O)[C@@H]2CCC[C@H]12. The van der Waals surface area contributed by atoms with E-state index < -0.39 is 0 Å². The zero-order chi connectivity index (χ0) is 6.43. The molecule has 9 heavy (non-hydrogen) atoms. The fourth-order valence-corrected chi connectivity index (χ4v) is 2.31. The van der Waals surface area contributed by atoms with E-state index in [9.17, 15) is 5.11 Å². The van der Waals surface area contributed by atoms with Crippen LogP contribution in [0.4, 0.5) is 0 Å². The highest BCUT2D eigenvalue weighted by atomic mass is 16.3. The molecule has 0 bridgehead atoms. The molecule has 2 saturated carbocycles. The molecule has 2 heteroatoms. The first-order valence-corrected chi connectivity index (χ1v) is 3.74. The van der Waals surface area contributed by atoms with Gasteiger partial charge in [0.2, 0.25) is 0 Å². The molecule has 3 N–H and O–H groups in total. The molecule has 52 valence electrons. The first-order chi connectivity index (χ1) is 4.30. The summed E-state index contributed by atoms with van der Waals surface area (Å²) >= 11 is 0. The summed E-state index contributed by atoms with van der Waals surface area (Å²) in [5, 5.41) is 9.26. The van der Waals surface area contributed by atoms with Gasteiger partial charge in [0.05, 0.1) is 6.10 Å². The van der Waals surface area contributed by atoms with Gasteiger partial charge in [-0.1, -0.05) is 6.42 Å². The summed E-state index contributed by atoms with van der Waals surface area (Å²) in [5.74, 6) is 1.24. The number of rotatable bonds is 0. The molecule has 0 radical (unpaired) electrons. The van der Waals surface area contributed by atoms with Gasteiger partial charge in [-0.2, -0.15) is 0 Å². The summed E-state index contributed by atoms with van der Waals surface area (Å²) in [6, 6.07) is 0.109. The summed E-state index contributed by atoms with van der Waals surface area (Å²) < 4.78 is 0. The number of aliphatic hydroxyl groups is 1. The summed E-state index contributed by atoms with van der Waals surface area (Å²) in [7, 11) is 0. The minimum atomic E-state index is -0.169. The van der Waals surface area contributed by atoms with Crippen LogP contribution in [0.3, 0.4) is 0 Å². The second kappa shape index (κ2) is 1.70. The van der Waals surface area contributed by atoms with Crippen LogP contribution in [0.15, 0.2) is 0 Å². The molecule has 0 heterocycles. The molecule has 4 atom stereocenters. The van der Waals surface area contributed by atoms with E-state index >= 15 is 0 Å². The van der Waals surface area contributed by atoms with Crippen molar-refractivity contribution in [3.05, 3.63) is 0 Å². The van der Waals surface area contributed by atoms with Gasteiger partial charge in [-0.25, -0.2) is 0 Å². The van der Waals surface area contributed by atoms with Crippen LogP contribution in [0.25, 0.3) is 0 Å². The molecular weight excluding hydrogens is 114 g/mol. The maximum atomic E-state index is 9.26. The zero-order valence-corrected chi connectivity index (χ0v) is 5.46. The van der Waals surface area contributed by atoms with Gasteiger partial charge in [-0.3, -0.25) is 0 Å². The van der Waals surface area contributed by atoms with Crippen molar-refractivity contribution < 1.29 is 5.11 Å². The van der Waals surface area contributed by atoms with Crippen molar-refractivity contribution in [1.29, 1.82) is 0 Å². The molecule has 0 aromatic carbocycles. The van der Waals surface area contributed by atoms with E-state index in [1.54, 1.807) is 0 Å². The second-order valence-corrected chi connectivity index (χ2v) is 3.33. The van der Waals surface area contributed by atoms with Crippen LogP contribution in [0.2, 0.25) is 0 Å². The van der Waals surface area contributed by atoms with Crippen LogP contribution >= 0.6 is 0 Å². The van der Waals surface area contributed by atoms with E-state index in [4.69, 9.17) is 5.73 Å². The van der Waals surface area contributed by atoms with E-state index in [-0.39, 0.29) is 12.1 Å². The maximum Gasteiger partial charge on any atom is 0.0725 e. The molecule has 0 amide bonds. The monoisotopic (exact) mass is 127 g/mol. The van der Waals surface area contributed by atoms with E-state index in [1.807, 2.05) is 0 Å². The highest BCUT2D eigenvalue weighted by molar-refractivity contribution is 5.03.